The van der Waals surface area contributed by atoms with Gasteiger partial charge in [-0.05, 0) is 18.6 Å². The number of aryl methyl sites for hydroxylation is 1. The monoisotopic (exact) mass is 238 g/mol. The van der Waals surface area contributed by atoms with Crippen molar-refractivity contribution >= 4 is 11.9 Å². The molecule has 0 fully saturated rings. The van der Waals surface area contributed by atoms with E-state index in [4.69, 9.17) is 9.84 Å². The van der Waals surface area contributed by atoms with Crippen LogP contribution in [0, 0.1) is 6.92 Å². The molecule has 0 aliphatic carbocycles. The second kappa shape index (κ2) is 5.95. The third-order valence-corrected chi connectivity index (χ3v) is 2.16. The fourth-order valence-electron chi connectivity index (χ4n) is 1.29. The Morgan fingerprint density at radius 2 is 2.29 bits per heavy atom. The molecule has 0 bridgehead atoms. The molecule has 2 N–H and O–H groups in total. The summed E-state index contributed by atoms with van der Waals surface area (Å²) >= 11 is 0. The van der Waals surface area contributed by atoms with Crippen LogP contribution in [0.1, 0.15) is 16.1 Å². The van der Waals surface area contributed by atoms with Gasteiger partial charge in [-0.3, -0.25) is 9.78 Å². The minimum atomic E-state index is -1.14. The lowest BCUT2D eigenvalue weighted by Gasteiger charge is -2.13. The highest BCUT2D eigenvalue weighted by atomic mass is 16.5. The molecule has 0 aliphatic heterocycles. The van der Waals surface area contributed by atoms with Crippen molar-refractivity contribution in [1.29, 1.82) is 0 Å². The SMILES string of the molecule is COCC(NC(=O)c1ncccc1C)C(=O)O. The van der Waals surface area contributed by atoms with E-state index in [0.29, 0.717) is 5.56 Å². The standard InChI is InChI=1S/C11H14N2O4/c1-7-4-3-5-12-9(7)10(14)13-8(6-17-2)11(15)16/h3-5,8H,6H2,1-2H3,(H,13,14)(H,15,16). The molecule has 1 amide bonds. The van der Waals surface area contributed by atoms with Crippen molar-refractivity contribution in [2.45, 2.75) is 13.0 Å². The number of nitrogens with zero attached hydrogens (tertiary/aromatic N) is 1. The van der Waals surface area contributed by atoms with E-state index in [-0.39, 0.29) is 12.3 Å². The summed E-state index contributed by atoms with van der Waals surface area (Å²) in [5.74, 6) is -1.67. The summed E-state index contributed by atoms with van der Waals surface area (Å²) in [6, 6.07) is 2.36. The maximum atomic E-state index is 11.8. The number of pyridine rings is 1. The number of ether oxygens (including phenoxy) is 1. The smallest absolute Gasteiger partial charge is 0.328 e. The van der Waals surface area contributed by atoms with Gasteiger partial charge < -0.3 is 15.2 Å². The van der Waals surface area contributed by atoms with E-state index in [9.17, 15) is 9.59 Å². The molecule has 92 valence electrons. The number of aromatic nitrogens is 1. The van der Waals surface area contributed by atoms with Gasteiger partial charge in [0.15, 0.2) is 6.04 Å². The third-order valence-electron chi connectivity index (χ3n) is 2.16. The van der Waals surface area contributed by atoms with Crippen LogP contribution in [-0.4, -0.2) is 41.7 Å². The Labute approximate surface area is 98.6 Å². The summed E-state index contributed by atoms with van der Waals surface area (Å²) in [4.78, 5) is 26.5. The molecule has 1 aromatic rings. The Balaban J connectivity index is 2.77. The van der Waals surface area contributed by atoms with Crippen LogP contribution in [0.5, 0.6) is 0 Å². The van der Waals surface area contributed by atoms with Gasteiger partial charge in [-0.15, -0.1) is 0 Å². The van der Waals surface area contributed by atoms with Gasteiger partial charge in [0.2, 0.25) is 0 Å². The maximum absolute atomic E-state index is 11.8. The highest BCUT2D eigenvalue weighted by Crippen LogP contribution is 2.03. The van der Waals surface area contributed by atoms with Gasteiger partial charge in [0.1, 0.15) is 5.69 Å². The average molecular weight is 238 g/mol. The van der Waals surface area contributed by atoms with E-state index in [2.05, 4.69) is 10.3 Å². The second-order valence-electron chi connectivity index (χ2n) is 3.49. The van der Waals surface area contributed by atoms with E-state index in [1.54, 1.807) is 19.1 Å². The van der Waals surface area contributed by atoms with Crippen LogP contribution in [0.15, 0.2) is 18.3 Å². The van der Waals surface area contributed by atoms with Gasteiger partial charge in [-0.25, -0.2) is 4.79 Å². The van der Waals surface area contributed by atoms with Gasteiger partial charge in [-0.2, -0.15) is 0 Å². The van der Waals surface area contributed by atoms with Crippen LogP contribution in [0.2, 0.25) is 0 Å². The number of hydrogen-bond acceptors (Lipinski definition) is 4. The van der Waals surface area contributed by atoms with Crippen molar-refractivity contribution in [2.75, 3.05) is 13.7 Å². The molecule has 1 unspecified atom stereocenters. The first-order chi connectivity index (χ1) is 8.06. The molecule has 0 spiro atoms. The summed E-state index contributed by atoms with van der Waals surface area (Å²) in [5, 5.41) is 11.2. The van der Waals surface area contributed by atoms with Crippen LogP contribution >= 0.6 is 0 Å². The van der Waals surface area contributed by atoms with E-state index in [1.165, 1.54) is 13.3 Å². The van der Waals surface area contributed by atoms with Gasteiger partial charge in [0, 0.05) is 13.3 Å². The zero-order valence-electron chi connectivity index (χ0n) is 9.64. The number of amides is 1. The van der Waals surface area contributed by atoms with E-state index < -0.39 is 17.9 Å². The molecule has 0 aromatic carbocycles. The van der Waals surface area contributed by atoms with Gasteiger partial charge in [0.05, 0.1) is 6.61 Å². The molecular formula is C11H14N2O4. The Hall–Kier alpha value is -1.95. The fraction of sp³-hybridized carbons (Fsp3) is 0.364. The van der Waals surface area contributed by atoms with Gasteiger partial charge in [0.25, 0.3) is 5.91 Å². The van der Waals surface area contributed by atoms with Crippen molar-refractivity contribution in [2.24, 2.45) is 0 Å². The Morgan fingerprint density at radius 3 is 2.82 bits per heavy atom. The molecule has 1 atom stereocenters. The molecule has 0 saturated heterocycles. The largest absolute Gasteiger partial charge is 0.480 e. The summed E-state index contributed by atoms with van der Waals surface area (Å²) < 4.78 is 4.72. The first-order valence-electron chi connectivity index (χ1n) is 5.00. The minimum Gasteiger partial charge on any atom is -0.480 e. The maximum Gasteiger partial charge on any atom is 0.328 e. The predicted molar refractivity (Wildman–Crippen MR) is 59.7 cm³/mol. The van der Waals surface area contributed by atoms with Gasteiger partial charge in [-0.1, -0.05) is 6.07 Å². The lowest BCUT2D eigenvalue weighted by molar-refractivity contribution is -0.140. The van der Waals surface area contributed by atoms with E-state index >= 15 is 0 Å². The Kier molecular flexibility index (Phi) is 4.59. The summed E-state index contributed by atoms with van der Waals surface area (Å²) in [6.07, 6.45) is 1.48. The number of aliphatic carboxylic acids is 1. The number of hydrogen-bond donors (Lipinski definition) is 2. The summed E-state index contributed by atoms with van der Waals surface area (Å²) in [5.41, 5.74) is 0.904. The number of carbonyl (C=O) groups is 2. The Morgan fingerprint density at radius 1 is 1.59 bits per heavy atom. The summed E-state index contributed by atoms with van der Waals surface area (Å²) in [6.45, 7) is 1.64. The lowest BCUT2D eigenvalue weighted by Crippen LogP contribution is -2.44. The van der Waals surface area contributed by atoms with Crippen molar-refractivity contribution in [3.63, 3.8) is 0 Å². The highest BCUT2D eigenvalue weighted by molar-refractivity contribution is 5.96. The van der Waals surface area contributed by atoms with Crippen molar-refractivity contribution in [3.05, 3.63) is 29.6 Å². The number of nitrogens with one attached hydrogen (secondary N) is 1. The molecule has 1 aromatic heterocycles. The highest BCUT2D eigenvalue weighted by Gasteiger charge is 2.21. The molecule has 0 radical (unpaired) electrons. The summed E-state index contributed by atoms with van der Waals surface area (Å²) in [7, 11) is 1.37. The molecule has 17 heavy (non-hydrogen) atoms. The number of carboxylic acids is 1. The molecular weight excluding hydrogens is 224 g/mol. The van der Waals surface area contributed by atoms with E-state index in [0.717, 1.165) is 0 Å². The third kappa shape index (κ3) is 3.53. The zero-order chi connectivity index (χ0) is 12.8. The molecule has 6 nitrogen and oxygen atoms in total. The average Bonchev–Trinajstić information content (AvgIpc) is 2.28. The first kappa shape index (κ1) is 13.1. The van der Waals surface area contributed by atoms with Crippen molar-refractivity contribution < 1.29 is 19.4 Å². The molecule has 0 saturated carbocycles. The van der Waals surface area contributed by atoms with Crippen molar-refractivity contribution in [3.8, 4) is 0 Å². The van der Waals surface area contributed by atoms with Crippen molar-refractivity contribution in [1.82, 2.24) is 10.3 Å². The number of rotatable bonds is 5. The topological polar surface area (TPSA) is 88.5 Å². The second-order valence-corrected chi connectivity index (χ2v) is 3.49. The number of methoxy groups -OCH3 is 1. The first-order valence-corrected chi connectivity index (χ1v) is 5.00. The molecule has 6 heteroatoms. The van der Waals surface area contributed by atoms with Gasteiger partial charge >= 0.3 is 5.97 Å². The zero-order valence-corrected chi connectivity index (χ0v) is 9.64. The van der Waals surface area contributed by atoms with Crippen LogP contribution < -0.4 is 5.32 Å². The van der Waals surface area contributed by atoms with Crippen LogP contribution in [-0.2, 0) is 9.53 Å². The molecule has 1 heterocycles. The predicted octanol–water partition coefficient (Wildman–Crippen LogP) is 0.219. The number of carbonyl (C=O) groups excluding carboxylic acids is 1. The lowest BCUT2D eigenvalue weighted by atomic mass is 10.2. The fourth-order valence-corrected chi connectivity index (χ4v) is 1.29. The molecule has 0 aliphatic rings. The van der Waals surface area contributed by atoms with Crippen LogP contribution in [0.3, 0.4) is 0 Å². The molecule has 1 rings (SSSR count). The normalized spacial score (nSPS) is 11.9. The minimum absolute atomic E-state index is 0.0903. The van der Waals surface area contributed by atoms with E-state index in [1.807, 2.05) is 0 Å². The quantitative estimate of drug-likeness (QED) is 0.766. The van der Waals surface area contributed by atoms with Crippen LogP contribution in [0.25, 0.3) is 0 Å². The Bertz CT molecular complexity index is 420. The number of carboxylic acid groups (broad SMARTS) is 1. The van der Waals surface area contributed by atoms with Crippen LogP contribution in [0.4, 0.5) is 0 Å².